The fourth-order valence-corrected chi connectivity index (χ4v) is 2.13. The number of carbonyl (C=O) groups is 2. The molecule has 1 aliphatic heterocycles. The highest BCUT2D eigenvalue weighted by Crippen LogP contribution is 2.15. The molecular weight excluding hydrogens is 286 g/mol. The molecule has 0 atom stereocenters. The molecule has 0 aromatic heterocycles. The van der Waals surface area contributed by atoms with Crippen LogP contribution in [0.2, 0.25) is 0 Å². The number of phenolic OH excluding ortho intramolecular Hbond substituents is 1. The summed E-state index contributed by atoms with van der Waals surface area (Å²) in [7, 11) is 0. The van der Waals surface area contributed by atoms with Crippen molar-refractivity contribution in [2.24, 2.45) is 5.10 Å². The van der Waals surface area contributed by atoms with E-state index in [2.05, 4.69) is 10.5 Å². The van der Waals surface area contributed by atoms with Crippen molar-refractivity contribution in [1.82, 2.24) is 10.3 Å². The minimum Gasteiger partial charge on any atom is -0.507 e. The van der Waals surface area contributed by atoms with E-state index in [1.165, 1.54) is 12.1 Å². The summed E-state index contributed by atoms with van der Waals surface area (Å²) < 4.78 is 4.94. The van der Waals surface area contributed by atoms with Crippen molar-refractivity contribution in [2.45, 2.75) is 19.8 Å². The summed E-state index contributed by atoms with van der Waals surface area (Å²) >= 11 is 0. The highest BCUT2D eigenvalue weighted by Gasteiger charge is 2.21. The third-order valence-electron chi connectivity index (χ3n) is 3.33. The summed E-state index contributed by atoms with van der Waals surface area (Å²) in [6, 6.07) is 6.27. The van der Waals surface area contributed by atoms with Gasteiger partial charge in [0.25, 0.3) is 5.91 Å². The summed E-state index contributed by atoms with van der Waals surface area (Å²) in [5, 5.41) is 13.7. The van der Waals surface area contributed by atoms with Gasteiger partial charge in [-0.3, -0.25) is 4.79 Å². The van der Waals surface area contributed by atoms with E-state index in [1.807, 2.05) is 0 Å². The third kappa shape index (κ3) is 3.97. The molecule has 2 N–H and O–H groups in total. The van der Waals surface area contributed by atoms with Crippen LogP contribution in [-0.4, -0.2) is 47.4 Å². The number of amides is 2. The van der Waals surface area contributed by atoms with E-state index in [9.17, 15) is 14.7 Å². The normalized spacial score (nSPS) is 14.4. The Bertz CT molecular complexity index is 576. The molecule has 22 heavy (non-hydrogen) atoms. The van der Waals surface area contributed by atoms with Gasteiger partial charge in [0.15, 0.2) is 0 Å². The topological polar surface area (TPSA) is 91.2 Å². The number of ether oxygens (including phenoxy) is 1. The largest absolute Gasteiger partial charge is 0.507 e. The Balaban J connectivity index is 1.87. The quantitative estimate of drug-likeness (QED) is 0.832. The number of para-hydroxylation sites is 1. The summed E-state index contributed by atoms with van der Waals surface area (Å²) in [4.78, 5) is 25.1. The van der Waals surface area contributed by atoms with Gasteiger partial charge >= 0.3 is 6.09 Å². The number of aromatic hydroxyl groups is 1. The van der Waals surface area contributed by atoms with E-state index in [0.717, 1.165) is 5.71 Å². The molecule has 2 amide bonds. The van der Waals surface area contributed by atoms with Crippen LogP contribution in [0.25, 0.3) is 0 Å². The minimum absolute atomic E-state index is 0.0858. The third-order valence-corrected chi connectivity index (χ3v) is 3.33. The number of carbonyl (C=O) groups excluding carboxylic acids is 2. The van der Waals surface area contributed by atoms with E-state index in [0.29, 0.717) is 32.5 Å². The van der Waals surface area contributed by atoms with Crippen LogP contribution in [0, 0.1) is 0 Å². The first-order valence-electron chi connectivity index (χ1n) is 7.17. The van der Waals surface area contributed by atoms with Gasteiger partial charge in [0.1, 0.15) is 5.75 Å². The standard InChI is InChI=1S/C15H19N3O4/c1-2-22-15(21)18-9-7-11(8-10-18)16-17-14(20)12-5-3-4-6-13(12)19/h3-6,19H,2,7-10H2,1H3,(H,17,20). The summed E-state index contributed by atoms with van der Waals surface area (Å²) in [6.45, 7) is 3.16. The Hall–Kier alpha value is -2.57. The molecule has 0 saturated carbocycles. The van der Waals surface area contributed by atoms with Crippen molar-refractivity contribution < 1.29 is 19.4 Å². The number of nitrogens with one attached hydrogen (secondary N) is 1. The van der Waals surface area contributed by atoms with Gasteiger partial charge in [-0.05, 0) is 19.1 Å². The first kappa shape index (κ1) is 15.8. The van der Waals surface area contributed by atoms with Crippen LogP contribution < -0.4 is 5.43 Å². The average molecular weight is 305 g/mol. The van der Waals surface area contributed by atoms with Crippen LogP contribution in [-0.2, 0) is 4.74 Å². The Morgan fingerprint density at radius 3 is 2.64 bits per heavy atom. The molecule has 7 nitrogen and oxygen atoms in total. The van der Waals surface area contributed by atoms with E-state index >= 15 is 0 Å². The minimum atomic E-state index is -0.460. The zero-order chi connectivity index (χ0) is 15.9. The molecule has 118 valence electrons. The van der Waals surface area contributed by atoms with Gasteiger partial charge < -0.3 is 14.7 Å². The van der Waals surface area contributed by atoms with E-state index in [1.54, 1.807) is 24.0 Å². The van der Waals surface area contributed by atoms with E-state index in [4.69, 9.17) is 4.74 Å². The van der Waals surface area contributed by atoms with Crippen LogP contribution in [0.15, 0.2) is 29.4 Å². The molecule has 0 bridgehead atoms. The monoisotopic (exact) mass is 305 g/mol. The maximum atomic E-state index is 11.9. The number of rotatable bonds is 3. The van der Waals surface area contributed by atoms with Crippen molar-refractivity contribution in [3.8, 4) is 5.75 Å². The van der Waals surface area contributed by atoms with Gasteiger partial charge in [0, 0.05) is 31.6 Å². The Morgan fingerprint density at radius 1 is 1.32 bits per heavy atom. The lowest BCUT2D eigenvalue weighted by Gasteiger charge is -2.26. The zero-order valence-electron chi connectivity index (χ0n) is 12.4. The summed E-state index contributed by atoms with van der Waals surface area (Å²) in [5.41, 5.74) is 3.42. The van der Waals surface area contributed by atoms with Gasteiger partial charge in [-0.15, -0.1) is 0 Å². The molecule has 0 unspecified atom stereocenters. The lowest BCUT2D eigenvalue weighted by Crippen LogP contribution is -2.39. The molecule has 1 aromatic rings. The van der Waals surface area contributed by atoms with E-state index in [-0.39, 0.29) is 17.4 Å². The SMILES string of the molecule is CCOC(=O)N1CCC(=NNC(=O)c2ccccc2O)CC1. The maximum Gasteiger partial charge on any atom is 0.409 e. The molecular formula is C15H19N3O4. The van der Waals surface area contributed by atoms with Gasteiger partial charge in [-0.2, -0.15) is 5.10 Å². The van der Waals surface area contributed by atoms with Gasteiger partial charge in [0.05, 0.1) is 12.2 Å². The lowest BCUT2D eigenvalue weighted by molar-refractivity contribution is 0.0949. The van der Waals surface area contributed by atoms with Crippen LogP contribution in [0.1, 0.15) is 30.1 Å². The first-order valence-corrected chi connectivity index (χ1v) is 7.17. The Morgan fingerprint density at radius 2 is 2.00 bits per heavy atom. The number of nitrogens with zero attached hydrogens (tertiary/aromatic N) is 2. The predicted molar refractivity (Wildman–Crippen MR) is 80.8 cm³/mol. The van der Waals surface area contributed by atoms with Crippen LogP contribution in [0.3, 0.4) is 0 Å². The molecule has 1 aromatic carbocycles. The molecule has 1 aliphatic rings. The molecule has 1 saturated heterocycles. The van der Waals surface area contributed by atoms with E-state index < -0.39 is 5.91 Å². The molecule has 0 aliphatic carbocycles. The Labute approximate surface area is 128 Å². The second-order valence-electron chi connectivity index (χ2n) is 4.82. The van der Waals surface area contributed by atoms with Gasteiger partial charge in [-0.25, -0.2) is 10.2 Å². The van der Waals surface area contributed by atoms with Crippen LogP contribution >= 0.6 is 0 Å². The number of phenols is 1. The van der Waals surface area contributed by atoms with Crippen LogP contribution in [0.5, 0.6) is 5.75 Å². The van der Waals surface area contributed by atoms with Crippen LogP contribution in [0.4, 0.5) is 4.79 Å². The predicted octanol–water partition coefficient (Wildman–Crippen LogP) is 1.73. The molecule has 0 spiro atoms. The Kier molecular flexibility index (Phi) is 5.35. The highest BCUT2D eigenvalue weighted by molar-refractivity contribution is 5.97. The smallest absolute Gasteiger partial charge is 0.409 e. The molecule has 2 rings (SSSR count). The molecule has 0 radical (unpaired) electrons. The second-order valence-corrected chi connectivity index (χ2v) is 4.82. The number of likely N-dealkylation sites (tertiary alicyclic amines) is 1. The average Bonchev–Trinajstić information content (AvgIpc) is 2.54. The fraction of sp³-hybridized carbons (Fsp3) is 0.400. The molecule has 7 heteroatoms. The number of hydrogen-bond acceptors (Lipinski definition) is 5. The molecule has 1 heterocycles. The van der Waals surface area contributed by atoms with Crippen molar-refractivity contribution in [3.63, 3.8) is 0 Å². The fourth-order valence-electron chi connectivity index (χ4n) is 2.13. The first-order chi connectivity index (χ1) is 10.6. The van der Waals surface area contributed by atoms with Gasteiger partial charge in [-0.1, -0.05) is 12.1 Å². The van der Waals surface area contributed by atoms with Crippen molar-refractivity contribution in [3.05, 3.63) is 29.8 Å². The number of piperidine rings is 1. The van der Waals surface area contributed by atoms with Crippen molar-refractivity contribution >= 4 is 17.7 Å². The maximum absolute atomic E-state index is 11.9. The second kappa shape index (κ2) is 7.44. The summed E-state index contributed by atoms with van der Waals surface area (Å²) in [6.07, 6.45) is 0.847. The van der Waals surface area contributed by atoms with Gasteiger partial charge in [0.2, 0.25) is 0 Å². The molecule has 1 fully saturated rings. The van der Waals surface area contributed by atoms with Crippen molar-refractivity contribution in [2.75, 3.05) is 19.7 Å². The highest BCUT2D eigenvalue weighted by atomic mass is 16.6. The number of benzene rings is 1. The number of hydrogen-bond donors (Lipinski definition) is 2. The zero-order valence-corrected chi connectivity index (χ0v) is 12.4. The van der Waals surface area contributed by atoms with Crippen molar-refractivity contribution in [1.29, 1.82) is 0 Å². The number of hydrazone groups is 1. The lowest BCUT2D eigenvalue weighted by atomic mass is 10.1. The summed E-state index contributed by atoms with van der Waals surface area (Å²) in [5.74, 6) is -0.546.